The number of halogens is 1. The second kappa shape index (κ2) is 6.75. The lowest BCUT2D eigenvalue weighted by Crippen LogP contribution is -2.35. The van der Waals surface area contributed by atoms with Gasteiger partial charge in [0.1, 0.15) is 0 Å². The zero-order valence-corrected chi connectivity index (χ0v) is 12.4. The predicted octanol–water partition coefficient (Wildman–Crippen LogP) is 3.01. The maximum Gasteiger partial charge on any atom is 0.337 e. The summed E-state index contributed by atoms with van der Waals surface area (Å²) < 4.78 is 5.83. The summed E-state index contributed by atoms with van der Waals surface area (Å²) in [6.07, 6.45) is 0. The van der Waals surface area contributed by atoms with Crippen molar-refractivity contribution in [3.63, 3.8) is 0 Å². The summed E-state index contributed by atoms with van der Waals surface area (Å²) in [6.45, 7) is 5.29. The molecule has 0 amide bonds. The summed E-state index contributed by atoms with van der Waals surface area (Å²) in [5.41, 5.74) is 1.02. The Hall–Kier alpha value is -1.07. The third kappa shape index (κ3) is 3.71. The summed E-state index contributed by atoms with van der Waals surface area (Å²) in [5.74, 6) is -0.922. The fraction of sp³-hybridized carbons (Fsp3) is 0.462. The molecular weight excluding hydrogens is 298 g/mol. The number of benzene rings is 1. The van der Waals surface area contributed by atoms with E-state index < -0.39 is 5.97 Å². The van der Waals surface area contributed by atoms with Crippen LogP contribution in [0.3, 0.4) is 0 Å². The first-order valence-corrected chi connectivity index (χ1v) is 6.55. The zero-order valence-electron chi connectivity index (χ0n) is 10.8. The van der Waals surface area contributed by atoms with E-state index in [-0.39, 0.29) is 6.04 Å². The Morgan fingerprint density at radius 1 is 1.50 bits per heavy atom. The largest absolute Gasteiger partial charge is 0.478 e. The molecule has 1 aromatic carbocycles. The number of nitrogens with zero attached hydrogens (tertiary/aromatic N) is 1. The SMILES string of the molecule is COCCN(c1ccc(Br)cc1C(=O)O)C(C)C. The number of hydrogen-bond donors (Lipinski definition) is 1. The van der Waals surface area contributed by atoms with Gasteiger partial charge in [0, 0.05) is 24.2 Å². The van der Waals surface area contributed by atoms with E-state index in [9.17, 15) is 9.90 Å². The lowest BCUT2D eigenvalue weighted by atomic mass is 10.1. The van der Waals surface area contributed by atoms with Crippen molar-refractivity contribution in [3.8, 4) is 0 Å². The van der Waals surface area contributed by atoms with Crippen LogP contribution in [0.5, 0.6) is 0 Å². The Balaban J connectivity index is 3.14. The van der Waals surface area contributed by atoms with Crippen LogP contribution in [0.15, 0.2) is 22.7 Å². The molecule has 0 unspecified atom stereocenters. The van der Waals surface area contributed by atoms with Gasteiger partial charge in [-0.15, -0.1) is 0 Å². The van der Waals surface area contributed by atoms with Gasteiger partial charge in [-0.05, 0) is 32.0 Å². The van der Waals surface area contributed by atoms with Crippen LogP contribution in [0.1, 0.15) is 24.2 Å². The molecule has 4 nitrogen and oxygen atoms in total. The fourth-order valence-electron chi connectivity index (χ4n) is 1.78. The first-order valence-electron chi connectivity index (χ1n) is 5.75. The predicted molar refractivity (Wildman–Crippen MR) is 75.5 cm³/mol. The van der Waals surface area contributed by atoms with Crippen molar-refractivity contribution in [2.24, 2.45) is 0 Å². The Morgan fingerprint density at radius 3 is 2.67 bits per heavy atom. The normalized spacial score (nSPS) is 10.7. The Morgan fingerprint density at radius 2 is 2.17 bits per heavy atom. The number of aromatic carboxylic acids is 1. The van der Waals surface area contributed by atoms with Gasteiger partial charge in [-0.2, -0.15) is 0 Å². The molecule has 0 bridgehead atoms. The summed E-state index contributed by atoms with van der Waals surface area (Å²) >= 11 is 3.30. The van der Waals surface area contributed by atoms with Gasteiger partial charge >= 0.3 is 5.97 Å². The molecule has 1 N–H and O–H groups in total. The summed E-state index contributed by atoms with van der Waals surface area (Å²) in [7, 11) is 1.64. The number of rotatable bonds is 6. The van der Waals surface area contributed by atoms with Gasteiger partial charge in [-0.3, -0.25) is 0 Å². The van der Waals surface area contributed by atoms with E-state index in [4.69, 9.17) is 4.74 Å². The standard InChI is InChI=1S/C13H18BrNO3/c1-9(2)15(6-7-18-3)12-5-4-10(14)8-11(12)13(16)17/h4-5,8-9H,6-7H2,1-3H3,(H,16,17). The third-order valence-corrected chi connectivity index (χ3v) is 3.15. The van der Waals surface area contributed by atoms with Crippen LogP contribution in [0, 0.1) is 0 Å². The molecular formula is C13H18BrNO3. The van der Waals surface area contributed by atoms with Crippen LogP contribution in [-0.4, -0.2) is 37.4 Å². The van der Waals surface area contributed by atoms with Crippen molar-refractivity contribution in [1.29, 1.82) is 0 Å². The van der Waals surface area contributed by atoms with Crippen molar-refractivity contribution >= 4 is 27.6 Å². The maximum atomic E-state index is 11.3. The average Bonchev–Trinajstić information content (AvgIpc) is 2.30. The van der Waals surface area contributed by atoms with E-state index in [2.05, 4.69) is 15.9 Å². The van der Waals surface area contributed by atoms with Gasteiger partial charge in [0.15, 0.2) is 0 Å². The molecule has 0 aliphatic rings. The number of ether oxygens (including phenoxy) is 1. The van der Waals surface area contributed by atoms with E-state index in [0.717, 1.165) is 10.2 Å². The molecule has 0 aliphatic carbocycles. The summed E-state index contributed by atoms with van der Waals surface area (Å²) in [4.78, 5) is 13.3. The van der Waals surface area contributed by atoms with Gasteiger partial charge in [0.25, 0.3) is 0 Å². The minimum Gasteiger partial charge on any atom is -0.478 e. The molecule has 0 atom stereocenters. The molecule has 18 heavy (non-hydrogen) atoms. The van der Waals surface area contributed by atoms with Crippen LogP contribution in [0.4, 0.5) is 5.69 Å². The lowest BCUT2D eigenvalue weighted by Gasteiger charge is -2.30. The molecule has 5 heteroatoms. The number of carboxylic acids is 1. The Kier molecular flexibility index (Phi) is 5.62. The average molecular weight is 316 g/mol. The highest BCUT2D eigenvalue weighted by Crippen LogP contribution is 2.26. The van der Waals surface area contributed by atoms with Crippen LogP contribution >= 0.6 is 15.9 Å². The van der Waals surface area contributed by atoms with E-state index in [0.29, 0.717) is 18.7 Å². The van der Waals surface area contributed by atoms with Crippen LogP contribution in [-0.2, 0) is 4.74 Å². The van der Waals surface area contributed by atoms with Crippen LogP contribution < -0.4 is 4.90 Å². The molecule has 0 heterocycles. The highest BCUT2D eigenvalue weighted by atomic mass is 79.9. The minimum absolute atomic E-state index is 0.208. The molecule has 0 saturated heterocycles. The highest BCUT2D eigenvalue weighted by Gasteiger charge is 2.18. The number of carbonyl (C=O) groups is 1. The van der Waals surface area contributed by atoms with Gasteiger partial charge in [0.2, 0.25) is 0 Å². The Bertz CT molecular complexity index is 421. The third-order valence-electron chi connectivity index (χ3n) is 2.66. The minimum atomic E-state index is -0.922. The molecule has 0 spiro atoms. The smallest absolute Gasteiger partial charge is 0.337 e. The van der Waals surface area contributed by atoms with Gasteiger partial charge in [-0.25, -0.2) is 4.79 Å². The van der Waals surface area contributed by atoms with E-state index >= 15 is 0 Å². The van der Waals surface area contributed by atoms with Crippen molar-refractivity contribution in [2.75, 3.05) is 25.2 Å². The van der Waals surface area contributed by atoms with Crippen molar-refractivity contribution in [3.05, 3.63) is 28.2 Å². The number of methoxy groups -OCH3 is 1. The molecule has 0 saturated carbocycles. The highest BCUT2D eigenvalue weighted by molar-refractivity contribution is 9.10. The maximum absolute atomic E-state index is 11.3. The van der Waals surface area contributed by atoms with Crippen LogP contribution in [0.25, 0.3) is 0 Å². The number of anilines is 1. The molecule has 0 fully saturated rings. The zero-order chi connectivity index (χ0) is 13.7. The van der Waals surface area contributed by atoms with Gasteiger partial charge in [0.05, 0.1) is 17.9 Å². The van der Waals surface area contributed by atoms with Crippen molar-refractivity contribution in [1.82, 2.24) is 0 Å². The molecule has 100 valence electrons. The molecule has 0 aliphatic heterocycles. The summed E-state index contributed by atoms with van der Waals surface area (Å²) in [6, 6.07) is 5.51. The first-order chi connectivity index (χ1) is 8.47. The lowest BCUT2D eigenvalue weighted by molar-refractivity contribution is 0.0697. The second-order valence-corrected chi connectivity index (χ2v) is 5.16. The topological polar surface area (TPSA) is 49.8 Å². The number of hydrogen-bond acceptors (Lipinski definition) is 3. The van der Waals surface area contributed by atoms with E-state index in [1.807, 2.05) is 30.9 Å². The molecule has 1 rings (SSSR count). The van der Waals surface area contributed by atoms with Crippen LogP contribution in [0.2, 0.25) is 0 Å². The second-order valence-electron chi connectivity index (χ2n) is 4.25. The molecule has 1 aromatic rings. The molecule has 0 aromatic heterocycles. The molecule has 0 radical (unpaired) electrons. The Labute approximate surface area is 116 Å². The van der Waals surface area contributed by atoms with E-state index in [1.165, 1.54) is 0 Å². The van der Waals surface area contributed by atoms with E-state index in [1.54, 1.807) is 13.2 Å². The summed E-state index contributed by atoms with van der Waals surface area (Å²) in [5, 5.41) is 9.27. The monoisotopic (exact) mass is 315 g/mol. The van der Waals surface area contributed by atoms with Gasteiger partial charge < -0.3 is 14.7 Å². The van der Waals surface area contributed by atoms with Crippen molar-refractivity contribution in [2.45, 2.75) is 19.9 Å². The first kappa shape index (κ1) is 15.0. The van der Waals surface area contributed by atoms with Crippen molar-refractivity contribution < 1.29 is 14.6 Å². The quantitative estimate of drug-likeness (QED) is 0.876. The fourth-order valence-corrected chi connectivity index (χ4v) is 2.14. The van der Waals surface area contributed by atoms with Gasteiger partial charge in [-0.1, -0.05) is 15.9 Å². The number of carboxylic acid groups (broad SMARTS) is 1.